The van der Waals surface area contributed by atoms with Gasteiger partial charge in [-0.15, -0.1) is 0 Å². The molecular formula is C25H31FN2O5. The number of nitrogens with zero attached hydrogens (tertiary/aromatic N) is 2. The summed E-state index contributed by atoms with van der Waals surface area (Å²) in [7, 11) is 2.96. The highest BCUT2D eigenvalue weighted by molar-refractivity contribution is 5.91. The monoisotopic (exact) mass is 458 g/mol. The van der Waals surface area contributed by atoms with Crippen molar-refractivity contribution in [1.29, 1.82) is 0 Å². The number of ether oxygens (including phenoxy) is 3. The number of morpholine rings is 1. The third-order valence-corrected chi connectivity index (χ3v) is 5.48. The van der Waals surface area contributed by atoms with Crippen molar-refractivity contribution in [1.82, 2.24) is 9.80 Å². The molecule has 33 heavy (non-hydrogen) atoms. The van der Waals surface area contributed by atoms with E-state index in [4.69, 9.17) is 14.2 Å². The number of hydrogen-bond acceptors (Lipinski definition) is 6. The van der Waals surface area contributed by atoms with Crippen LogP contribution in [0.3, 0.4) is 0 Å². The summed E-state index contributed by atoms with van der Waals surface area (Å²) in [5.74, 6) is -1.30. The second-order valence-electron chi connectivity index (χ2n) is 8.44. The van der Waals surface area contributed by atoms with E-state index in [1.54, 1.807) is 25.2 Å². The number of likely N-dealkylation sites (N-methyl/N-ethyl adjacent to an activating group) is 1. The fourth-order valence-corrected chi connectivity index (χ4v) is 3.91. The lowest BCUT2D eigenvalue weighted by Gasteiger charge is -2.35. The molecule has 0 bridgehead atoms. The molecule has 1 fully saturated rings. The SMILES string of the molecule is COc1ccc(CN(C)C(=O)COC(=O)c2ccc(CN3CC(C)OC(C)C3)cc2)cc1F. The van der Waals surface area contributed by atoms with E-state index in [1.165, 1.54) is 24.1 Å². The summed E-state index contributed by atoms with van der Waals surface area (Å²) in [4.78, 5) is 28.4. The fraction of sp³-hybridized carbons (Fsp3) is 0.440. The zero-order valence-electron chi connectivity index (χ0n) is 19.5. The minimum Gasteiger partial charge on any atom is -0.494 e. The lowest BCUT2D eigenvalue weighted by atomic mass is 10.1. The standard InChI is InChI=1S/C25H31FN2O5/c1-17-12-28(13-18(2)33-17)15-19-5-8-21(9-6-19)25(30)32-16-24(29)27(3)14-20-7-10-23(31-4)22(26)11-20/h5-11,17-18H,12-16H2,1-4H3. The van der Waals surface area contributed by atoms with Gasteiger partial charge < -0.3 is 19.1 Å². The molecule has 8 heteroatoms. The van der Waals surface area contributed by atoms with E-state index < -0.39 is 11.8 Å². The van der Waals surface area contributed by atoms with E-state index in [0.29, 0.717) is 11.1 Å². The number of carbonyl (C=O) groups excluding carboxylic acids is 2. The third kappa shape index (κ3) is 7.00. The molecule has 1 amide bonds. The van der Waals surface area contributed by atoms with Gasteiger partial charge in [0.15, 0.2) is 18.2 Å². The van der Waals surface area contributed by atoms with E-state index in [2.05, 4.69) is 18.7 Å². The second-order valence-corrected chi connectivity index (χ2v) is 8.44. The normalized spacial score (nSPS) is 18.6. The summed E-state index contributed by atoms with van der Waals surface area (Å²) in [6.45, 7) is 6.44. The first-order valence-corrected chi connectivity index (χ1v) is 11.0. The Morgan fingerprint density at radius 1 is 1.09 bits per heavy atom. The molecule has 2 unspecified atom stereocenters. The van der Waals surface area contributed by atoms with E-state index in [-0.39, 0.29) is 37.0 Å². The van der Waals surface area contributed by atoms with Gasteiger partial charge in [-0.2, -0.15) is 0 Å². The molecule has 0 spiro atoms. The van der Waals surface area contributed by atoms with E-state index in [9.17, 15) is 14.0 Å². The van der Waals surface area contributed by atoms with Gasteiger partial charge in [-0.25, -0.2) is 9.18 Å². The van der Waals surface area contributed by atoms with Crippen molar-refractivity contribution < 1.29 is 28.2 Å². The second kappa shape index (κ2) is 11.2. The number of amides is 1. The average molecular weight is 459 g/mol. The minimum atomic E-state index is -0.563. The summed E-state index contributed by atoms with van der Waals surface area (Å²) in [6, 6.07) is 11.7. The number of rotatable bonds is 8. The molecule has 0 aliphatic carbocycles. The van der Waals surface area contributed by atoms with Gasteiger partial charge in [0.2, 0.25) is 0 Å². The highest BCUT2D eigenvalue weighted by Crippen LogP contribution is 2.19. The van der Waals surface area contributed by atoms with Crippen LogP contribution in [0, 0.1) is 5.82 Å². The maximum Gasteiger partial charge on any atom is 0.338 e. The van der Waals surface area contributed by atoms with Gasteiger partial charge in [-0.3, -0.25) is 9.69 Å². The van der Waals surface area contributed by atoms with Crippen LogP contribution >= 0.6 is 0 Å². The van der Waals surface area contributed by atoms with Crippen LogP contribution in [0.2, 0.25) is 0 Å². The minimum absolute atomic E-state index is 0.140. The van der Waals surface area contributed by atoms with Crippen LogP contribution in [0.25, 0.3) is 0 Å². The van der Waals surface area contributed by atoms with Crippen molar-refractivity contribution >= 4 is 11.9 Å². The Morgan fingerprint density at radius 2 is 1.73 bits per heavy atom. The Morgan fingerprint density at radius 3 is 2.33 bits per heavy atom. The molecular weight excluding hydrogens is 427 g/mol. The van der Waals surface area contributed by atoms with Gasteiger partial charge in [0, 0.05) is 33.2 Å². The molecule has 1 heterocycles. The van der Waals surface area contributed by atoms with Gasteiger partial charge >= 0.3 is 5.97 Å². The Kier molecular flexibility index (Phi) is 8.41. The molecule has 1 aliphatic heterocycles. The number of methoxy groups -OCH3 is 1. The van der Waals surface area contributed by atoms with Gasteiger partial charge in [0.1, 0.15) is 0 Å². The summed E-state index contributed by atoms with van der Waals surface area (Å²) in [6.07, 6.45) is 0.393. The topological polar surface area (TPSA) is 68.3 Å². The molecule has 2 atom stereocenters. The van der Waals surface area contributed by atoms with Crippen molar-refractivity contribution in [2.24, 2.45) is 0 Å². The quantitative estimate of drug-likeness (QED) is 0.566. The van der Waals surface area contributed by atoms with Crippen LogP contribution in [-0.4, -0.2) is 67.7 Å². The third-order valence-electron chi connectivity index (χ3n) is 5.48. The molecule has 0 N–H and O–H groups in total. The Labute approximate surface area is 194 Å². The van der Waals surface area contributed by atoms with Crippen molar-refractivity contribution in [3.63, 3.8) is 0 Å². The van der Waals surface area contributed by atoms with E-state index >= 15 is 0 Å². The van der Waals surface area contributed by atoms with Gasteiger partial charge in [0.05, 0.1) is 24.9 Å². The number of benzene rings is 2. The average Bonchev–Trinajstić information content (AvgIpc) is 2.77. The first-order chi connectivity index (χ1) is 15.7. The van der Waals surface area contributed by atoms with Crippen molar-refractivity contribution in [2.45, 2.75) is 39.1 Å². The van der Waals surface area contributed by atoms with Gasteiger partial charge in [0.25, 0.3) is 5.91 Å². The summed E-state index contributed by atoms with van der Waals surface area (Å²) >= 11 is 0. The summed E-state index contributed by atoms with van der Waals surface area (Å²) < 4.78 is 29.7. The van der Waals surface area contributed by atoms with Crippen LogP contribution < -0.4 is 4.74 Å². The van der Waals surface area contributed by atoms with Crippen LogP contribution in [0.5, 0.6) is 5.75 Å². The molecule has 1 saturated heterocycles. The molecule has 2 aromatic rings. The number of esters is 1. The molecule has 1 aliphatic rings. The Balaban J connectivity index is 1.47. The summed E-state index contributed by atoms with van der Waals surface area (Å²) in [5, 5.41) is 0. The molecule has 0 aromatic heterocycles. The van der Waals surface area contributed by atoms with Crippen molar-refractivity contribution in [2.75, 3.05) is 33.9 Å². The highest BCUT2D eigenvalue weighted by Gasteiger charge is 2.22. The zero-order chi connectivity index (χ0) is 24.0. The van der Waals surface area contributed by atoms with Crippen molar-refractivity contribution in [3.05, 3.63) is 65.0 Å². The predicted molar refractivity (Wildman–Crippen MR) is 121 cm³/mol. The zero-order valence-corrected chi connectivity index (χ0v) is 19.5. The highest BCUT2D eigenvalue weighted by atomic mass is 19.1. The van der Waals surface area contributed by atoms with Crippen LogP contribution in [0.15, 0.2) is 42.5 Å². The number of hydrogen-bond donors (Lipinski definition) is 0. The Bertz CT molecular complexity index is 956. The van der Waals surface area contributed by atoms with E-state index in [0.717, 1.165) is 25.2 Å². The number of carbonyl (C=O) groups is 2. The Hall–Kier alpha value is -2.97. The summed E-state index contributed by atoms with van der Waals surface area (Å²) in [5.41, 5.74) is 2.08. The smallest absolute Gasteiger partial charge is 0.338 e. The fourth-order valence-electron chi connectivity index (χ4n) is 3.91. The van der Waals surface area contributed by atoms with Gasteiger partial charge in [-0.05, 0) is 49.2 Å². The van der Waals surface area contributed by atoms with Crippen molar-refractivity contribution in [3.8, 4) is 5.75 Å². The lowest BCUT2D eigenvalue weighted by molar-refractivity contribution is -0.133. The van der Waals surface area contributed by atoms with E-state index in [1.807, 2.05) is 12.1 Å². The molecule has 0 radical (unpaired) electrons. The maximum absolute atomic E-state index is 13.8. The maximum atomic E-state index is 13.8. The molecule has 0 saturated carbocycles. The van der Waals surface area contributed by atoms with Crippen LogP contribution in [-0.2, 0) is 27.4 Å². The largest absolute Gasteiger partial charge is 0.494 e. The predicted octanol–water partition coefficient (Wildman–Crippen LogP) is 3.26. The molecule has 7 nitrogen and oxygen atoms in total. The first-order valence-electron chi connectivity index (χ1n) is 11.0. The molecule has 2 aromatic carbocycles. The first kappa shape index (κ1) is 24.7. The van der Waals surface area contributed by atoms with Gasteiger partial charge in [-0.1, -0.05) is 18.2 Å². The molecule has 178 valence electrons. The van der Waals surface area contributed by atoms with Crippen LogP contribution in [0.4, 0.5) is 4.39 Å². The molecule has 3 rings (SSSR count). The van der Waals surface area contributed by atoms with Crippen LogP contribution in [0.1, 0.15) is 35.3 Å². The lowest BCUT2D eigenvalue weighted by Crippen LogP contribution is -2.44. The number of halogens is 1.